The summed E-state index contributed by atoms with van der Waals surface area (Å²) in [6, 6.07) is 7.95. The number of hydrogen-bond donors (Lipinski definition) is 1. The molecule has 1 amide bonds. The van der Waals surface area contributed by atoms with Crippen LogP contribution < -0.4 is 10.6 Å². The van der Waals surface area contributed by atoms with Gasteiger partial charge in [-0.15, -0.1) is 0 Å². The molecule has 0 saturated carbocycles. The van der Waals surface area contributed by atoms with Crippen molar-refractivity contribution in [3.05, 3.63) is 29.8 Å². The third-order valence-corrected chi connectivity index (χ3v) is 3.79. The predicted molar refractivity (Wildman–Crippen MR) is 69.9 cm³/mol. The topological polar surface area (TPSA) is 46.3 Å². The van der Waals surface area contributed by atoms with Gasteiger partial charge in [-0.05, 0) is 38.8 Å². The van der Waals surface area contributed by atoms with Crippen LogP contribution in [-0.4, -0.2) is 18.5 Å². The van der Waals surface area contributed by atoms with E-state index in [4.69, 9.17) is 5.73 Å². The summed E-state index contributed by atoms with van der Waals surface area (Å²) in [6.45, 7) is 6.62. The van der Waals surface area contributed by atoms with Crippen molar-refractivity contribution in [3.63, 3.8) is 0 Å². The largest absolute Gasteiger partial charge is 0.327 e. The van der Waals surface area contributed by atoms with Gasteiger partial charge in [-0.3, -0.25) is 4.79 Å². The van der Waals surface area contributed by atoms with E-state index in [1.165, 1.54) is 0 Å². The number of nitrogens with two attached hydrogens (primary N) is 1. The van der Waals surface area contributed by atoms with Crippen molar-refractivity contribution in [3.8, 4) is 0 Å². The fraction of sp³-hybridized carbons (Fsp3) is 0.500. The molecular weight excluding hydrogens is 212 g/mol. The van der Waals surface area contributed by atoms with Crippen LogP contribution in [0.5, 0.6) is 0 Å². The molecule has 2 N–H and O–H groups in total. The molecule has 92 valence electrons. The third-order valence-electron chi connectivity index (χ3n) is 3.79. The highest BCUT2D eigenvalue weighted by atomic mass is 16.2. The number of hydrogen-bond acceptors (Lipinski definition) is 2. The van der Waals surface area contributed by atoms with Gasteiger partial charge in [0.05, 0.1) is 5.41 Å². The number of amides is 1. The highest BCUT2D eigenvalue weighted by Crippen LogP contribution is 2.33. The van der Waals surface area contributed by atoms with Gasteiger partial charge in [0.15, 0.2) is 0 Å². The number of carbonyl (C=O) groups excluding carboxylic acids is 1. The highest BCUT2D eigenvalue weighted by molar-refractivity contribution is 5.99. The Bertz CT molecular complexity index is 440. The second kappa shape index (κ2) is 4.15. The van der Waals surface area contributed by atoms with Crippen molar-refractivity contribution in [1.82, 2.24) is 0 Å². The second-order valence-corrected chi connectivity index (χ2v) is 5.36. The fourth-order valence-corrected chi connectivity index (χ4v) is 2.33. The number of nitrogens with zero attached hydrogens (tertiary/aromatic N) is 1. The van der Waals surface area contributed by atoms with Crippen molar-refractivity contribution < 1.29 is 4.79 Å². The lowest BCUT2D eigenvalue weighted by Crippen LogP contribution is -2.56. The van der Waals surface area contributed by atoms with Gasteiger partial charge in [0.2, 0.25) is 5.91 Å². The summed E-state index contributed by atoms with van der Waals surface area (Å²) in [5, 5.41) is 0. The molecule has 3 heteroatoms. The van der Waals surface area contributed by atoms with Crippen LogP contribution in [0.4, 0.5) is 5.69 Å². The van der Waals surface area contributed by atoms with Crippen LogP contribution in [-0.2, 0) is 4.79 Å². The second-order valence-electron chi connectivity index (χ2n) is 5.36. The average molecular weight is 232 g/mol. The van der Waals surface area contributed by atoms with Gasteiger partial charge in [-0.2, -0.15) is 0 Å². The zero-order valence-corrected chi connectivity index (χ0v) is 10.7. The van der Waals surface area contributed by atoms with Crippen LogP contribution in [0.25, 0.3) is 0 Å². The molecule has 1 heterocycles. The van der Waals surface area contributed by atoms with E-state index in [1.807, 2.05) is 49.9 Å². The zero-order chi connectivity index (χ0) is 12.6. The molecule has 0 spiro atoms. The summed E-state index contributed by atoms with van der Waals surface area (Å²) >= 11 is 0. The zero-order valence-electron chi connectivity index (χ0n) is 10.7. The molecule has 1 aliphatic heterocycles. The van der Waals surface area contributed by atoms with Gasteiger partial charge >= 0.3 is 0 Å². The summed E-state index contributed by atoms with van der Waals surface area (Å²) in [5.74, 6) is 0.130. The summed E-state index contributed by atoms with van der Waals surface area (Å²) in [4.78, 5) is 14.3. The van der Waals surface area contributed by atoms with Crippen LogP contribution in [0.3, 0.4) is 0 Å². The third kappa shape index (κ3) is 1.95. The lowest BCUT2D eigenvalue weighted by atomic mass is 9.78. The van der Waals surface area contributed by atoms with Crippen molar-refractivity contribution in [2.45, 2.75) is 33.2 Å². The van der Waals surface area contributed by atoms with Gasteiger partial charge in [0, 0.05) is 18.3 Å². The molecule has 1 aromatic carbocycles. The molecule has 0 aliphatic carbocycles. The van der Waals surface area contributed by atoms with E-state index >= 15 is 0 Å². The normalized spacial score (nSPS) is 23.9. The van der Waals surface area contributed by atoms with Crippen molar-refractivity contribution in [2.75, 3.05) is 11.4 Å². The Labute approximate surface area is 103 Å². The standard InChI is InChI=1S/C14H20N2O/c1-10-6-4-5-7-11(10)16-9-8-12(15)14(2,3)13(16)17/h4-7,12H,8-9,15H2,1-3H3. The first-order valence-electron chi connectivity index (χ1n) is 6.08. The molecule has 1 aromatic rings. The Hall–Kier alpha value is -1.35. The molecule has 3 nitrogen and oxygen atoms in total. The maximum Gasteiger partial charge on any atom is 0.234 e. The number of benzene rings is 1. The van der Waals surface area contributed by atoms with Gasteiger partial charge in [-0.25, -0.2) is 0 Å². The number of anilines is 1. The Morgan fingerprint density at radius 1 is 1.35 bits per heavy atom. The molecule has 1 saturated heterocycles. The van der Waals surface area contributed by atoms with Gasteiger partial charge in [0.1, 0.15) is 0 Å². The molecule has 17 heavy (non-hydrogen) atoms. The average Bonchev–Trinajstić information content (AvgIpc) is 2.29. The van der Waals surface area contributed by atoms with E-state index in [0.29, 0.717) is 6.54 Å². The van der Waals surface area contributed by atoms with Crippen LogP contribution in [0.2, 0.25) is 0 Å². The first-order chi connectivity index (χ1) is 7.94. The fourth-order valence-electron chi connectivity index (χ4n) is 2.33. The molecule has 0 radical (unpaired) electrons. The van der Waals surface area contributed by atoms with Gasteiger partial charge in [-0.1, -0.05) is 18.2 Å². The highest BCUT2D eigenvalue weighted by Gasteiger charge is 2.42. The summed E-state index contributed by atoms with van der Waals surface area (Å²) in [7, 11) is 0. The van der Waals surface area contributed by atoms with Crippen LogP contribution >= 0.6 is 0 Å². The first-order valence-corrected chi connectivity index (χ1v) is 6.08. The SMILES string of the molecule is Cc1ccccc1N1CCC(N)C(C)(C)C1=O. The Morgan fingerprint density at radius 3 is 2.65 bits per heavy atom. The van der Waals surface area contributed by atoms with Crippen molar-refractivity contribution in [1.29, 1.82) is 0 Å². The summed E-state index contributed by atoms with van der Waals surface area (Å²) in [5.41, 5.74) is 7.71. The van der Waals surface area contributed by atoms with Crippen LogP contribution in [0.15, 0.2) is 24.3 Å². The molecular formula is C14H20N2O. The maximum absolute atomic E-state index is 12.5. The molecule has 1 atom stereocenters. The van der Waals surface area contributed by atoms with Crippen molar-refractivity contribution >= 4 is 11.6 Å². The predicted octanol–water partition coefficient (Wildman–Crippen LogP) is 2.09. The van der Waals surface area contributed by atoms with Crippen LogP contribution in [0.1, 0.15) is 25.8 Å². The monoisotopic (exact) mass is 232 g/mol. The Balaban J connectivity index is 2.36. The van der Waals surface area contributed by atoms with Gasteiger partial charge < -0.3 is 10.6 Å². The van der Waals surface area contributed by atoms with E-state index < -0.39 is 5.41 Å². The lowest BCUT2D eigenvalue weighted by Gasteiger charge is -2.41. The van der Waals surface area contributed by atoms with Crippen molar-refractivity contribution in [2.24, 2.45) is 11.1 Å². The number of aryl methyl sites for hydroxylation is 1. The maximum atomic E-state index is 12.5. The minimum Gasteiger partial charge on any atom is -0.327 e. The number of para-hydroxylation sites is 1. The van der Waals surface area contributed by atoms with E-state index in [1.54, 1.807) is 0 Å². The molecule has 0 bridgehead atoms. The van der Waals surface area contributed by atoms with Crippen LogP contribution in [0, 0.1) is 12.3 Å². The minimum atomic E-state index is -0.472. The molecule has 1 fully saturated rings. The van der Waals surface area contributed by atoms with Gasteiger partial charge in [0.25, 0.3) is 0 Å². The first kappa shape index (κ1) is 12.1. The molecule has 1 aliphatic rings. The van der Waals surface area contributed by atoms with E-state index in [2.05, 4.69) is 0 Å². The number of piperidine rings is 1. The number of rotatable bonds is 1. The van der Waals surface area contributed by atoms with E-state index in [0.717, 1.165) is 17.7 Å². The molecule has 0 aromatic heterocycles. The molecule has 2 rings (SSSR count). The van der Waals surface area contributed by atoms with E-state index in [-0.39, 0.29) is 11.9 Å². The Kier molecular flexibility index (Phi) is 2.96. The summed E-state index contributed by atoms with van der Waals surface area (Å²) in [6.07, 6.45) is 0.854. The number of carbonyl (C=O) groups is 1. The summed E-state index contributed by atoms with van der Waals surface area (Å²) < 4.78 is 0. The minimum absolute atomic E-state index is 0.0460. The molecule has 1 unspecified atom stereocenters. The smallest absolute Gasteiger partial charge is 0.234 e. The lowest BCUT2D eigenvalue weighted by molar-refractivity contribution is -0.129. The quantitative estimate of drug-likeness (QED) is 0.806. The Morgan fingerprint density at radius 2 is 2.00 bits per heavy atom. The van der Waals surface area contributed by atoms with E-state index in [9.17, 15) is 4.79 Å².